The molecule has 2 fully saturated rings. The number of rotatable bonds is 11. The maximum Gasteiger partial charge on any atom is 0.410 e. The van der Waals surface area contributed by atoms with Gasteiger partial charge in [0.25, 0.3) is 5.56 Å². The van der Waals surface area contributed by atoms with Gasteiger partial charge in [0.1, 0.15) is 16.9 Å². The van der Waals surface area contributed by atoms with Gasteiger partial charge >= 0.3 is 6.09 Å². The molecule has 5 aromatic rings. The number of methoxy groups -OCH3 is 1. The summed E-state index contributed by atoms with van der Waals surface area (Å²) in [5, 5.41) is 22.0. The van der Waals surface area contributed by atoms with Crippen molar-refractivity contribution < 1.29 is 24.2 Å². The second-order valence-electron chi connectivity index (χ2n) is 16.2. The number of carbonyl (C=O) groups is 2. The largest absolute Gasteiger partial charge is 0.481 e. The molecule has 1 atom stereocenters. The number of ether oxygens (including phenoxy) is 2. The predicted octanol–water partition coefficient (Wildman–Crippen LogP) is 6.76. The lowest BCUT2D eigenvalue weighted by atomic mass is 9.77. The van der Waals surface area contributed by atoms with E-state index < -0.39 is 17.3 Å². The molecule has 0 spiro atoms. The van der Waals surface area contributed by atoms with Crippen LogP contribution in [0.1, 0.15) is 64.8 Å². The monoisotopic (exact) mass is 815 g/mol. The molecular weight excluding hydrogens is 769 g/mol. The van der Waals surface area contributed by atoms with Gasteiger partial charge in [-0.3, -0.25) is 14.2 Å². The van der Waals surface area contributed by atoms with Crippen LogP contribution in [0, 0.1) is 0 Å². The van der Waals surface area contributed by atoms with E-state index in [1.807, 2.05) is 55.5 Å². The number of fused-ring (bicyclic) bond motifs is 1. The Morgan fingerprint density at radius 3 is 2.35 bits per heavy atom. The van der Waals surface area contributed by atoms with Crippen molar-refractivity contribution in [3.05, 3.63) is 92.6 Å². The summed E-state index contributed by atoms with van der Waals surface area (Å²) < 4.78 is 14.6. The molecule has 3 aromatic heterocycles. The van der Waals surface area contributed by atoms with Crippen LogP contribution in [0.15, 0.2) is 65.6 Å². The Kier molecular flexibility index (Phi) is 11.1. The number of benzene rings is 2. The first-order chi connectivity index (χ1) is 27.0. The number of aromatic nitrogens is 4. The third-order valence-corrected chi connectivity index (χ3v) is 11.2. The van der Waals surface area contributed by atoms with Gasteiger partial charge in [-0.15, -0.1) is 0 Å². The van der Waals surface area contributed by atoms with Gasteiger partial charge in [-0.2, -0.15) is 5.10 Å². The number of amides is 2. The Morgan fingerprint density at radius 2 is 1.72 bits per heavy atom. The summed E-state index contributed by atoms with van der Waals surface area (Å²) in [6.45, 7) is 8.04. The Balaban J connectivity index is 1.16. The van der Waals surface area contributed by atoms with Crippen molar-refractivity contribution in [1.29, 1.82) is 0 Å². The molecule has 1 aliphatic carbocycles. The molecule has 0 unspecified atom stereocenters. The van der Waals surface area contributed by atoms with Crippen LogP contribution in [-0.4, -0.2) is 78.1 Å². The smallest absolute Gasteiger partial charge is 0.410 e. The number of carbonyl (C=O) groups excluding carboxylic acids is 2. The summed E-state index contributed by atoms with van der Waals surface area (Å²) in [7, 11) is 3.22. The van der Waals surface area contributed by atoms with Gasteiger partial charge in [0.15, 0.2) is 0 Å². The Morgan fingerprint density at radius 1 is 1.05 bits per heavy atom. The highest BCUT2D eigenvalue weighted by Crippen LogP contribution is 2.43. The molecule has 13 nitrogen and oxygen atoms in total. The zero-order valence-electron chi connectivity index (χ0n) is 32.9. The molecular formula is C42H47Cl2N7O6. The second kappa shape index (κ2) is 15.8. The summed E-state index contributed by atoms with van der Waals surface area (Å²) in [5.41, 5.74) is 3.50. The van der Waals surface area contributed by atoms with E-state index in [0.29, 0.717) is 93.0 Å². The van der Waals surface area contributed by atoms with Gasteiger partial charge in [-0.25, -0.2) is 14.3 Å². The fourth-order valence-corrected chi connectivity index (χ4v) is 8.15. The lowest BCUT2D eigenvalue weighted by molar-refractivity contribution is -0.119. The van der Waals surface area contributed by atoms with Crippen LogP contribution in [-0.2, 0) is 29.7 Å². The highest BCUT2D eigenvalue weighted by molar-refractivity contribution is 6.39. The second-order valence-corrected chi connectivity index (χ2v) is 16.9. The van der Waals surface area contributed by atoms with Crippen LogP contribution in [0.3, 0.4) is 0 Å². The van der Waals surface area contributed by atoms with E-state index >= 15 is 0 Å². The first-order valence-electron chi connectivity index (χ1n) is 18.9. The van der Waals surface area contributed by atoms with Gasteiger partial charge in [0.05, 0.1) is 41.5 Å². The number of hydrogen-bond donors (Lipinski definition) is 3. The summed E-state index contributed by atoms with van der Waals surface area (Å²) in [5.74, 6) is 0.846. The average Bonchev–Trinajstić information content (AvgIpc) is 3.76. The molecule has 0 radical (unpaired) electrons. The van der Waals surface area contributed by atoms with Crippen LogP contribution in [0.2, 0.25) is 10.0 Å². The van der Waals surface area contributed by atoms with Crippen LogP contribution in [0.25, 0.3) is 39.0 Å². The summed E-state index contributed by atoms with van der Waals surface area (Å²) >= 11 is 14.3. The number of halogens is 2. The molecule has 57 heavy (non-hydrogen) atoms. The molecule has 2 amide bonds. The number of nitrogens with zero attached hydrogens (tertiary/aromatic N) is 5. The van der Waals surface area contributed by atoms with E-state index in [1.54, 1.807) is 49.5 Å². The van der Waals surface area contributed by atoms with Crippen LogP contribution >= 0.6 is 23.2 Å². The van der Waals surface area contributed by atoms with Crippen molar-refractivity contribution >= 4 is 40.7 Å². The lowest BCUT2D eigenvalue weighted by Crippen LogP contribution is -2.51. The molecule has 2 aliphatic rings. The number of hydrogen-bond acceptors (Lipinski definition) is 9. The Bertz CT molecular complexity index is 2410. The van der Waals surface area contributed by atoms with Crippen molar-refractivity contribution in [2.75, 3.05) is 13.7 Å². The van der Waals surface area contributed by atoms with Gasteiger partial charge in [-0.05, 0) is 65.2 Å². The van der Waals surface area contributed by atoms with Crippen molar-refractivity contribution in [2.45, 2.75) is 89.8 Å². The number of aliphatic hydroxyl groups is 1. The van der Waals surface area contributed by atoms with Gasteiger partial charge in [0.2, 0.25) is 11.8 Å². The maximum absolute atomic E-state index is 13.4. The van der Waals surface area contributed by atoms with E-state index in [9.17, 15) is 19.5 Å². The quantitative estimate of drug-likeness (QED) is 0.131. The molecule has 300 valence electrons. The van der Waals surface area contributed by atoms with E-state index in [-0.39, 0.29) is 36.6 Å². The molecule has 4 heterocycles. The third kappa shape index (κ3) is 8.67. The van der Waals surface area contributed by atoms with Crippen LogP contribution in [0.5, 0.6) is 5.88 Å². The van der Waals surface area contributed by atoms with Crippen LogP contribution in [0.4, 0.5) is 4.79 Å². The van der Waals surface area contributed by atoms with E-state index in [0.717, 1.165) is 5.56 Å². The van der Waals surface area contributed by atoms with Gasteiger partial charge < -0.3 is 30.1 Å². The molecule has 2 aromatic carbocycles. The minimum Gasteiger partial charge on any atom is -0.481 e. The summed E-state index contributed by atoms with van der Waals surface area (Å²) in [6, 6.07) is 16.7. The van der Waals surface area contributed by atoms with Crippen molar-refractivity contribution in [2.24, 2.45) is 7.05 Å². The minimum atomic E-state index is -0.709. The SMILES string of the molecule is COc1nc(-c2cccc(-c3cccc(-c4cc5c(=O)n(C)c(CNC6CC(C)(O)C6)nn5c4)c3Cl)c2Cl)ccc1CN(C[C@@H]1CCC(=O)N1)C(=O)OC(C)(C)C. The van der Waals surface area contributed by atoms with Crippen molar-refractivity contribution in [3.63, 3.8) is 0 Å². The zero-order chi connectivity index (χ0) is 40.8. The topological polar surface area (TPSA) is 152 Å². The van der Waals surface area contributed by atoms with Crippen molar-refractivity contribution in [1.82, 2.24) is 34.7 Å². The predicted molar refractivity (Wildman–Crippen MR) is 219 cm³/mol. The highest BCUT2D eigenvalue weighted by atomic mass is 35.5. The molecule has 3 N–H and O–H groups in total. The van der Waals surface area contributed by atoms with E-state index in [4.69, 9.17) is 42.8 Å². The number of nitrogens with one attached hydrogen (secondary N) is 2. The molecule has 15 heteroatoms. The highest BCUT2D eigenvalue weighted by Gasteiger charge is 2.38. The van der Waals surface area contributed by atoms with Crippen molar-refractivity contribution in [3.8, 4) is 39.4 Å². The number of pyridine rings is 1. The maximum atomic E-state index is 13.4. The average molecular weight is 817 g/mol. The molecule has 7 rings (SSSR count). The third-order valence-electron chi connectivity index (χ3n) is 10.4. The molecule has 1 saturated carbocycles. The first-order valence-corrected chi connectivity index (χ1v) is 19.7. The fraction of sp³-hybridized carbons (Fsp3) is 0.405. The molecule has 1 saturated heterocycles. The van der Waals surface area contributed by atoms with E-state index in [1.165, 1.54) is 11.7 Å². The lowest BCUT2D eigenvalue weighted by Gasteiger charge is -2.41. The first kappa shape index (κ1) is 40.3. The Labute approximate surface area is 340 Å². The normalized spacial score (nSPS) is 19.4. The van der Waals surface area contributed by atoms with Crippen LogP contribution < -0.4 is 20.9 Å². The summed E-state index contributed by atoms with van der Waals surface area (Å²) in [6.07, 6.45) is 3.63. The molecule has 0 bridgehead atoms. The standard InChI is InChI=1S/C42H47Cl2N7O6/c1-41(2,3)57-40(54)50(23-26-14-16-35(52)46-26)21-24-13-15-32(47-38(24)56-6)31-12-8-11-30(37(31)44)29-10-7-9-28(36(29)43)25-17-33-39(53)49(5)34(48-51(33)22-25)20-45-27-18-42(4,55)19-27/h7-13,15,17,22,26-27,45,55H,14,16,18-21,23H2,1-6H3,(H,46,52)/t26-,27?,42?/m0/s1. The van der Waals surface area contributed by atoms with Gasteiger partial charge in [0, 0.05) is 71.7 Å². The minimum absolute atomic E-state index is 0.0396. The van der Waals surface area contributed by atoms with Gasteiger partial charge in [-0.1, -0.05) is 59.6 Å². The molecule has 1 aliphatic heterocycles. The fourth-order valence-electron chi connectivity index (χ4n) is 7.49. The summed E-state index contributed by atoms with van der Waals surface area (Å²) in [4.78, 5) is 45.0. The van der Waals surface area contributed by atoms with E-state index in [2.05, 4.69) is 10.6 Å². The Hall–Kier alpha value is -4.95. The zero-order valence-corrected chi connectivity index (χ0v) is 34.4.